The molecule has 2 rings (SSSR count). The van der Waals surface area contributed by atoms with E-state index in [4.69, 9.17) is 28.4 Å². The quantitative estimate of drug-likeness (QED) is 0.0366. The van der Waals surface area contributed by atoms with Crippen LogP contribution in [0.1, 0.15) is 159 Å². The van der Waals surface area contributed by atoms with Gasteiger partial charge < -0.3 is 43.5 Å². The lowest BCUT2D eigenvalue weighted by Gasteiger charge is -2.39. The number of unbranched alkanes of at least 4 members (excludes halogenated alkanes) is 2. The Balaban J connectivity index is 1.66. The van der Waals surface area contributed by atoms with Crippen LogP contribution in [0.15, 0.2) is 24.3 Å². The van der Waals surface area contributed by atoms with Crippen molar-refractivity contribution in [2.45, 2.75) is 181 Å². The third-order valence-electron chi connectivity index (χ3n) is 13.4. The molecule has 5 atom stereocenters. The molecule has 16 heteroatoms. The number of carbonyl (C=O) groups is 4. The maximum absolute atomic E-state index is 13.1. The summed E-state index contributed by atoms with van der Waals surface area (Å²) in [6, 6.07) is 7.77. The molecule has 410 valence electrons. The van der Waals surface area contributed by atoms with Gasteiger partial charge in [-0.05, 0) is 163 Å². The van der Waals surface area contributed by atoms with Gasteiger partial charge in [-0.2, -0.15) is 0 Å². The molecule has 1 fully saturated rings. The van der Waals surface area contributed by atoms with Gasteiger partial charge in [-0.1, -0.05) is 45.7 Å². The third-order valence-corrected chi connectivity index (χ3v) is 14.7. The zero-order valence-electron chi connectivity index (χ0n) is 47.0. The minimum Gasteiger partial charge on any atom is -0.410 e. The van der Waals surface area contributed by atoms with Crippen molar-refractivity contribution in [3.05, 3.63) is 29.8 Å². The standard InChI is InChI=1S/C55H99N5O10S/c1-16-67-53(7,8)36-45(41(3)4)38-66-43(6)57-40-69-54(9,10)37-46(55(11,12)68-17-2)39-65-33-21-29-56-49(61)28-32-60-50(62)35-48(51(60)63)71-34-20-18-19-23-42(5)44-24-26-47(27-25-44)70-52(64)59(15)31-22-30-58(13)14/h24-27,41-43,45-46,48,57H,16-23,28-40H2,1-15H3,(H,56,61). The molecule has 1 heterocycles. The smallest absolute Gasteiger partial charge is 0.410 e. The van der Waals surface area contributed by atoms with E-state index in [0.29, 0.717) is 89.2 Å². The van der Waals surface area contributed by atoms with Crippen LogP contribution >= 0.6 is 11.8 Å². The number of rotatable bonds is 39. The van der Waals surface area contributed by atoms with Gasteiger partial charge in [0.2, 0.25) is 17.7 Å². The van der Waals surface area contributed by atoms with Crippen molar-refractivity contribution in [3.63, 3.8) is 0 Å². The van der Waals surface area contributed by atoms with Crippen LogP contribution in [0.25, 0.3) is 0 Å². The molecule has 0 radical (unpaired) electrons. The summed E-state index contributed by atoms with van der Waals surface area (Å²) >= 11 is 1.54. The van der Waals surface area contributed by atoms with E-state index in [1.165, 1.54) is 10.5 Å². The zero-order chi connectivity index (χ0) is 53.2. The number of likely N-dealkylation sites (tertiary alicyclic amines) is 1. The predicted molar refractivity (Wildman–Crippen MR) is 287 cm³/mol. The summed E-state index contributed by atoms with van der Waals surface area (Å²) < 4.78 is 36.4. The second kappa shape index (κ2) is 33.2. The molecule has 15 nitrogen and oxygen atoms in total. The number of hydrogen-bond donors (Lipinski definition) is 2. The molecular formula is C55H99N5O10S. The summed E-state index contributed by atoms with van der Waals surface area (Å²) in [7, 11) is 5.78. The van der Waals surface area contributed by atoms with E-state index in [1.54, 1.807) is 23.7 Å². The topological polar surface area (TPSA) is 157 Å². The van der Waals surface area contributed by atoms with Gasteiger partial charge in [0.1, 0.15) is 12.0 Å². The fraction of sp³-hybridized carbons (Fsp3) is 0.818. The predicted octanol–water partition coefficient (Wildman–Crippen LogP) is 9.51. The first-order chi connectivity index (χ1) is 33.4. The number of thioether (sulfide) groups is 1. The van der Waals surface area contributed by atoms with Gasteiger partial charge in [0.25, 0.3) is 0 Å². The lowest BCUT2D eigenvalue weighted by molar-refractivity contribution is -0.138. The highest BCUT2D eigenvalue weighted by atomic mass is 32.2. The minimum atomic E-state index is -0.469. The summed E-state index contributed by atoms with van der Waals surface area (Å²) in [4.78, 5) is 56.0. The molecule has 71 heavy (non-hydrogen) atoms. The molecule has 0 aliphatic carbocycles. The van der Waals surface area contributed by atoms with Crippen molar-refractivity contribution < 1.29 is 47.6 Å². The van der Waals surface area contributed by atoms with Gasteiger partial charge >= 0.3 is 6.09 Å². The number of carbonyl (C=O) groups excluding carboxylic acids is 4. The maximum atomic E-state index is 13.1. The Morgan fingerprint density at radius 3 is 2.15 bits per heavy atom. The van der Waals surface area contributed by atoms with Gasteiger partial charge in [-0.25, -0.2) is 4.79 Å². The van der Waals surface area contributed by atoms with Crippen LogP contribution in [0, 0.1) is 17.8 Å². The van der Waals surface area contributed by atoms with Crippen LogP contribution in [-0.2, 0) is 38.1 Å². The number of nitrogens with one attached hydrogen (secondary N) is 2. The van der Waals surface area contributed by atoms with Gasteiger partial charge in [-0.15, -0.1) is 11.8 Å². The van der Waals surface area contributed by atoms with Gasteiger partial charge in [-0.3, -0.25) is 24.6 Å². The first-order valence-electron chi connectivity index (χ1n) is 26.6. The second-order valence-electron chi connectivity index (χ2n) is 21.8. The van der Waals surface area contributed by atoms with Crippen LogP contribution in [0.3, 0.4) is 0 Å². The highest BCUT2D eigenvalue weighted by molar-refractivity contribution is 8.00. The summed E-state index contributed by atoms with van der Waals surface area (Å²) in [5.74, 6) is 1.99. The first kappa shape index (κ1) is 64.3. The van der Waals surface area contributed by atoms with Crippen LogP contribution in [-0.4, -0.2) is 160 Å². The minimum absolute atomic E-state index is 0.0423. The fourth-order valence-corrected chi connectivity index (χ4v) is 9.91. The van der Waals surface area contributed by atoms with E-state index in [9.17, 15) is 19.2 Å². The number of benzene rings is 1. The van der Waals surface area contributed by atoms with E-state index in [0.717, 1.165) is 50.8 Å². The molecule has 4 amide bonds. The lowest BCUT2D eigenvalue weighted by Crippen LogP contribution is -2.44. The Morgan fingerprint density at radius 2 is 1.51 bits per heavy atom. The first-order valence-corrected chi connectivity index (χ1v) is 27.7. The van der Waals surface area contributed by atoms with E-state index in [2.05, 4.69) is 77.8 Å². The fourth-order valence-electron chi connectivity index (χ4n) is 8.72. The number of nitrogens with zero attached hydrogens (tertiary/aromatic N) is 3. The molecule has 0 bridgehead atoms. The maximum Gasteiger partial charge on any atom is 0.414 e. The van der Waals surface area contributed by atoms with Crippen LogP contribution in [0.5, 0.6) is 5.75 Å². The molecule has 1 saturated heterocycles. The molecule has 1 aromatic rings. The monoisotopic (exact) mass is 1020 g/mol. The van der Waals surface area contributed by atoms with Crippen LogP contribution in [0.4, 0.5) is 4.79 Å². The Bertz CT molecular complexity index is 1680. The Kier molecular flexibility index (Phi) is 30.0. The summed E-state index contributed by atoms with van der Waals surface area (Å²) in [5, 5.41) is 5.91. The van der Waals surface area contributed by atoms with Crippen molar-refractivity contribution in [1.29, 1.82) is 0 Å². The molecule has 1 aromatic carbocycles. The van der Waals surface area contributed by atoms with Crippen molar-refractivity contribution in [1.82, 2.24) is 25.3 Å². The average molecular weight is 1020 g/mol. The van der Waals surface area contributed by atoms with E-state index < -0.39 is 16.5 Å². The zero-order valence-corrected chi connectivity index (χ0v) is 47.8. The second-order valence-corrected chi connectivity index (χ2v) is 23.1. The molecule has 2 N–H and O–H groups in total. The number of amides is 4. The SMILES string of the molecule is CCOC(C)(C)CC(COC(C)NCOC(C)(C)CC(COCCCNC(=O)CCN1C(=O)CC(SCCCCCC(C)c2ccc(OC(=O)N(C)CCCN(C)C)cc2)C1=O)C(C)(C)OCC)C(C)C. The van der Waals surface area contributed by atoms with Crippen LogP contribution in [0.2, 0.25) is 0 Å². The van der Waals surface area contributed by atoms with Gasteiger partial charge in [0.05, 0.1) is 42.0 Å². The molecule has 1 aliphatic heterocycles. The summed E-state index contributed by atoms with van der Waals surface area (Å²) in [5.41, 5.74) is 0.0895. The van der Waals surface area contributed by atoms with Crippen molar-refractivity contribution >= 4 is 35.6 Å². The third kappa shape index (κ3) is 26.3. The highest BCUT2D eigenvalue weighted by Crippen LogP contribution is 2.32. The van der Waals surface area contributed by atoms with E-state index in [1.807, 2.05) is 59.1 Å². The van der Waals surface area contributed by atoms with Gasteiger partial charge in [0.15, 0.2) is 0 Å². The highest BCUT2D eigenvalue weighted by Gasteiger charge is 2.39. The largest absolute Gasteiger partial charge is 0.414 e. The van der Waals surface area contributed by atoms with Crippen molar-refractivity contribution in [3.8, 4) is 5.75 Å². The molecule has 0 aromatic heterocycles. The molecular weight excluding hydrogens is 923 g/mol. The number of hydrogen-bond acceptors (Lipinski definition) is 13. The summed E-state index contributed by atoms with van der Waals surface area (Å²) in [6.07, 6.45) is 6.92. The Hall–Kier alpha value is -2.83. The normalized spacial score (nSPS) is 16.5. The average Bonchev–Trinajstić information content (AvgIpc) is 3.56. The van der Waals surface area contributed by atoms with Crippen molar-refractivity contribution in [2.75, 3.05) is 92.8 Å². The van der Waals surface area contributed by atoms with E-state index in [-0.39, 0.29) is 60.9 Å². The van der Waals surface area contributed by atoms with Gasteiger partial charge in [0, 0.05) is 65.3 Å². The summed E-state index contributed by atoms with van der Waals surface area (Å²) in [6.45, 7) is 30.6. The Labute approximate surface area is 434 Å². The molecule has 0 spiro atoms. The number of ether oxygens (including phenoxy) is 6. The molecule has 5 unspecified atom stereocenters. The van der Waals surface area contributed by atoms with Crippen molar-refractivity contribution in [2.24, 2.45) is 17.8 Å². The van der Waals surface area contributed by atoms with E-state index >= 15 is 0 Å². The molecule has 1 aliphatic rings. The Morgan fingerprint density at radius 1 is 0.831 bits per heavy atom. The molecule has 0 saturated carbocycles. The van der Waals surface area contributed by atoms with Crippen LogP contribution < -0.4 is 15.4 Å². The number of imide groups is 1. The lowest BCUT2D eigenvalue weighted by atomic mass is 9.82.